The number of aromatic nitrogens is 2. The Morgan fingerprint density at radius 2 is 1.88 bits per heavy atom. The lowest BCUT2D eigenvalue weighted by Gasteiger charge is -2.26. The van der Waals surface area contributed by atoms with Gasteiger partial charge >= 0.3 is 6.03 Å². The van der Waals surface area contributed by atoms with E-state index in [0.717, 1.165) is 39.1 Å². The number of hydrazone groups is 1. The average Bonchev–Trinajstić information content (AvgIpc) is 3.37. The highest BCUT2D eigenvalue weighted by Gasteiger charge is 2.22. The Morgan fingerprint density at radius 3 is 2.54 bits per heavy atom. The number of nitrogens with two attached hydrogens (primary N) is 1. The molecule has 0 atom stereocenters. The Morgan fingerprint density at radius 1 is 1.15 bits per heavy atom. The highest BCUT2D eigenvalue weighted by Crippen LogP contribution is 2.32. The zero-order valence-electron chi connectivity index (χ0n) is 24.5. The number of anilines is 1. The van der Waals surface area contributed by atoms with Gasteiger partial charge in [0, 0.05) is 51.4 Å². The van der Waals surface area contributed by atoms with Crippen LogP contribution >= 0.6 is 23.5 Å². The van der Waals surface area contributed by atoms with Gasteiger partial charge in [0.25, 0.3) is 0 Å². The number of benzene rings is 2. The molecule has 0 unspecified atom stereocenters. The number of amides is 2. The van der Waals surface area contributed by atoms with Crippen molar-refractivity contribution in [1.29, 1.82) is 0 Å². The van der Waals surface area contributed by atoms with Gasteiger partial charge in [-0.3, -0.25) is 5.32 Å². The van der Waals surface area contributed by atoms with E-state index in [9.17, 15) is 4.79 Å². The quantitative estimate of drug-likeness (QED) is 0.0865. The number of carbonyl (C=O) groups is 1. The van der Waals surface area contributed by atoms with E-state index in [1.165, 1.54) is 4.90 Å². The first-order valence-corrected chi connectivity index (χ1v) is 15.6. The molecule has 0 saturated carbocycles. The number of thioether (sulfide) groups is 2. The molecule has 4 N–H and O–H groups in total. The second-order valence-electron chi connectivity index (χ2n) is 11.0. The smallest absolute Gasteiger partial charge is 0.320 e. The topological polar surface area (TPSA) is 101 Å². The summed E-state index contributed by atoms with van der Waals surface area (Å²) < 4.78 is 1.79. The van der Waals surface area contributed by atoms with Crippen LogP contribution in [0.15, 0.2) is 92.7 Å². The Balaban J connectivity index is 1.48. The number of hydrogen-bond acceptors (Lipinski definition) is 6. The Labute approximate surface area is 251 Å². The summed E-state index contributed by atoms with van der Waals surface area (Å²) in [6.45, 7) is 11.6. The van der Waals surface area contributed by atoms with Crippen LogP contribution in [0.3, 0.4) is 0 Å². The molecule has 216 valence electrons. The molecule has 41 heavy (non-hydrogen) atoms. The Hall–Kier alpha value is -3.63. The van der Waals surface area contributed by atoms with Crippen LogP contribution in [0, 0.1) is 5.92 Å². The van der Waals surface area contributed by atoms with Gasteiger partial charge in [-0.2, -0.15) is 10.2 Å². The number of nitrogens with zero attached hydrogens (tertiary/aromatic N) is 4. The molecule has 0 bridgehead atoms. The fraction of sp³-hybridized carbons (Fsp3) is 0.323. The molecule has 0 radical (unpaired) electrons. The van der Waals surface area contributed by atoms with Crippen LogP contribution in [-0.2, 0) is 12.0 Å². The lowest BCUT2D eigenvalue weighted by Crippen LogP contribution is -2.32. The minimum atomic E-state index is -0.296. The number of amidine groups is 1. The third kappa shape index (κ3) is 7.77. The van der Waals surface area contributed by atoms with Gasteiger partial charge in [-0.1, -0.05) is 70.7 Å². The molecule has 8 nitrogen and oxygen atoms in total. The summed E-state index contributed by atoms with van der Waals surface area (Å²) >= 11 is 3.33. The van der Waals surface area contributed by atoms with Crippen LogP contribution in [0.5, 0.6) is 0 Å². The van der Waals surface area contributed by atoms with Crippen molar-refractivity contribution in [2.24, 2.45) is 16.9 Å². The Kier molecular flexibility index (Phi) is 9.88. The van der Waals surface area contributed by atoms with E-state index in [0.29, 0.717) is 12.4 Å². The zero-order valence-corrected chi connectivity index (χ0v) is 26.1. The molecule has 0 saturated heterocycles. The van der Waals surface area contributed by atoms with E-state index in [2.05, 4.69) is 91.8 Å². The van der Waals surface area contributed by atoms with Crippen LogP contribution < -0.4 is 16.5 Å². The minimum absolute atomic E-state index is 0.169. The molecule has 10 heteroatoms. The lowest BCUT2D eigenvalue weighted by atomic mass is 9.92. The third-order valence-corrected chi connectivity index (χ3v) is 8.33. The van der Waals surface area contributed by atoms with Gasteiger partial charge in [-0.25, -0.2) is 9.48 Å². The summed E-state index contributed by atoms with van der Waals surface area (Å²) in [5, 5.41) is 14.9. The largest absolute Gasteiger partial charge is 0.334 e. The summed E-state index contributed by atoms with van der Waals surface area (Å²) in [4.78, 5) is 18.5. The summed E-state index contributed by atoms with van der Waals surface area (Å²) in [7, 11) is 0. The van der Waals surface area contributed by atoms with Crippen molar-refractivity contribution in [3.05, 3.63) is 89.1 Å². The third-order valence-electron chi connectivity index (χ3n) is 6.49. The maximum absolute atomic E-state index is 13.1. The van der Waals surface area contributed by atoms with Crippen molar-refractivity contribution in [2.75, 3.05) is 18.1 Å². The number of nitrogens with one attached hydrogen (secondary N) is 2. The van der Waals surface area contributed by atoms with Crippen LogP contribution in [-0.4, -0.2) is 39.3 Å². The Bertz CT molecular complexity index is 1450. The summed E-state index contributed by atoms with van der Waals surface area (Å²) in [6, 6.07) is 17.9. The van der Waals surface area contributed by atoms with Crippen LogP contribution in [0.4, 0.5) is 10.6 Å². The van der Waals surface area contributed by atoms with Crippen molar-refractivity contribution in [3.8, 4) is 5.69 Å². The molecular weight excluding hydrogens is 551 g/mol. The molecule has 1 aliphatic heterocycles. The molecule has 2 heterocycles. The van der Waals surface area contributed by atoms with Gasteiger partial charge in [0.15, 0.2) is 0 Å². The van der Waals surface area contributed by atoms with Crippen LogP contribution in [0.25, 0.3) is 5.69 Å². The van der Waals surface area contributed by atoms with Crippen molar-refractivity contribution >= 4 is 41.2 Å². The van der Waals surface area contributed by atoms with E-state index >= 15 is 0 Å². The standard InChI is InChI=1S/C31H39N7OS2/c1-21(2)29(35-32)37-17-9-11-25(20-37)41-26-12-8-7-10-22(26)19-33-30(39)34-28-18-27(31(3,4)5)36-38(28)23-13-15-24(40-6)16-14-23/h7-16,18,20-21H,17,19,32H2,1-6H3,(H2,33,34,39)/b35-29-. The first-order valence-electron chi connectivity index (χ1n) is 13.6. The number of allylic oxidation sites excluding steroid dienone is 1. The van der Waals surface area contributed by atoms with Crippen molar-refractivity contribution in [3.63, 3.8) is 0 Å². The number of urea groups is 1. The fourth-order valence-electron chi connectivity index (χ4n) is 4.28. The van der Waals surface area contributed by atoms with Crippen LogP contribution in [0.1, 0.15) is 45.9 Å². The molecular formula is C31H39N7OS2. The monoisotopic (exact) mass is 589 g/mol. The molecule has 4 rings (SSSR count). The second kappa shape index (κ2) is 13.4. The summed E-state index contributed by atoms with van der Waals surface area (Å²) in [5.41, 5.74) is 2.63. The molecule has 0 fully saturated rings. The molecule has 0 aliphatic carbocycles. The van der Waals surface area contributed by atoms with E-state index in [-0.39, 0.29) is 17.4 Å². The van der Waals surface area contributed by atoms with Gasteiger partial charge in [-0.05, 0) is 48.2 Å². The fourth-order valence-corrected chi connectivity index (χ4v) is 5.70. The maximum atomic E-state index is 13.1. The predicted octanol–water partition coefficient (Wildman–Crippen LogP) is 6.95. The van der Waals surface area contributed by atoms with Crippen molar-refractivity contribution in [1.82, 2.24) is 20.0 Å². The van der Waals surface area contributed by atoms with Gasteiger partial charge in [0.2, 0.25) is 0 Å². The van der Waals surface area contributed by atoms with Crippen LogP contribution in [0.2, 0.25) is 0 Å². The number of hydrogen-bond donors (Lipinski definition) is 3. The zero-order chi connectivity index (χ0) is 29.6. The van der Waals surface area contributed by atoms with E-state index in [4.69, 9.17) is 10.9 Å². The molecule has 1 aromatic heterocycles. The SMILES string of the molecule is CSc1ccc(-n2nc(C(C)(C)C)cc2NC(=O)NCc2ccccc2SC2=CN(/C(=N\N)C(C)C)CC=C2)cc1. The molecule has 0 spiro atoms. The lowest BCUT2D eigenvalue weighted by molar-refractivity contribution is 0.251. The van der Waals surface area contributed by atoms with Gasteiger partial charge in [0.1, 0.15) is 11.7 Å². The second-order valence-corrected chi connectivity index (χ2v) is 13.0. The minimum Gasteiger partial charge on any atom is -0.334 e. The normalized spacial score (nSPS) is 13.9. The van der Waals surface area contributed by atoms with Gasteiger partial charge in [0.05, 0.1) is 11.4 Å². The highest BCUT2D eigenvalue weighted by atomic mass is 32.2. The van der Waals surface area contributed by atoms with E-state index < -0.39 is 0 Å². The number of carbonyl (C=O) groups excluding carboxylic acids is 1. The van der Waals surface area contributed by atoms with Crippen molar-refractivity contribution < 1.29 is 4.79 Å². The summed E-state index contributed by atoms with van der Waals surface area (Å²) in [6.07, 6.45) is 8.33. The average molecular weight is 590 g/mol. The first kappa shape index (κ1) is 30.3. The number of rotatable bonds is 8. The molecule has 2 amide bonds. The molecule has 1 aliphatic rings. The van der Waals surface area contributed by atoms with E-state index in [1.807, 2.05) is 42.7 Å². The van der Waals surface area contributed by atoms with Gasteiger partial charge < -0.3 is 16.1 Å². The molecule has 2 aromatic carbocycles. The highest BCUT2D eigenvalue weighted by molar-refractivity contribution is 8.03. The first-order chi connectivity index (χ1) is 19.6. The summed E-state index contributed by atoms with van der Waals surface area (Å²) in [5.74, 6) is 7.34. The predicted molar refractivity (Wildman–Crippen MR) is 173 cm³/mol. The molecule has 3 aromatic rings. The van der Waals surface area contributed by atoms with Gasteiger partial charge in [-0.15, -0.1) is 11.8 Å². The maximum Gasteiger partial charge on any atom is 0.320 e. The van der Waals surface area contributed by atoms with Crippen molar-refractivity contribution in [2.45, 2.75) is 56.4 Å². The van der Waals surface area contributed by atoms with E-state index in [1.54, 1.807) is 28.2 Å².